The number of fused-ring (bicyclic) bond motifs is 3. The highest BCUT2D eigenvalue weighted by molar-refractivity contribution is 6.30. The molecule has 6 nitrogen and oxygen atoms in total. The van der Waals surface area contributed by atoms with E-state index in [0.717, 1.165) is 67.0 Å². The normalized spacial score (nSPS) is 22.9. The van der Waals surface area contributed by atoms with Crippen LogP contribution in [0.3, 0.4) is 0 Å². The number of nitrogens with zero attached hydrogens (tertiary/aromatic N) is 5. The van der Waals surface area contributed by atoms with Crippen molar-refractivity contribution in [2.45, 2.75) is 50.6 Å². The van der Waals surface area contributed by atoms with Crippen molar-refractivity contribution in [2.75, 3.05) is 7.05 Å². The molecule has 2 aliphatic rings. The van der Waals surface area contributed by atoms with Crippen molar-refractivity contribution in [2.24, 2.45) is 0 Å². The van der Waals surface area contributed by atoms with Gasteiger partial charge in [0.2, 0.25) is 0 Å². The van der Waals surface area contributed by atoms with Gasteiger partial charge in [0.25, 0.3) is 0 Å². The Morgan fingerprint density at radius 3 is 2.67 bits per heavy atom. The highest BCUT2D eigenvalue weighted by Crippen LogP contribution is 2.41. The molecule has 0 amide bonds. The van der Waals surface area contributed by atoms with Gasteiger partial charge in [-0.1, -0.05) is 11.6 Å². The molecular formula is C20H22ClN5O. The first-order chi connectivity index (χ1) is 13.2. The van der Waals surface area contributed by atoms with E-state index in [0.29, 0.717) is 11.8 Å². The summed E-state index contributed by atoms with van der Waals surface area (Å²) in [6.45, 7) is 1.64. The van der Waals surface area contributed by atoms with Gasteiger partial charge in [0, 0.05) is 23.4 Å². The van der Waals surface area contributed by atoms with E-state index >= 15 is 0 Å². The van der Waals surface area contributed by atoms with Gasteiger partial charge >= 0.3 is 0 Å². The van der Waals surface area contributed by atoms with Crippen LogP contribution in [0.15, 0.2) is 35.1 Å². The first-order valence-corrected chi connectivity index (χ1v) is 9.88. The van der Waals surface area contributed by atoms with Crippen molar-refractivity contribution < 1.29 is 4.42 Å². The second kappa shape index (κ2) is 6.77. The first kappa shape index (κ1) is 17.0. The lowest BCUT2D eigenvalue weighted by Gasteiger charge is -2.26. The standard InChI is InChI=1S/C20H22ClN5O/c1-25-11-15-10-16(21)6-7-17(15)26-18(12-25)23-24-19(26)13-2-4-14(5-3-13)20-22-8-9-27-20/h6-10,13-14H,2-5,11-12H2,1H3/t13-,14-. The van der Waals surface area contributed by atoms with Crippen LogP contribution in [0.25, 0.3) is 5.69 Å². The quantitative estimate of drug-likeness (QED) is 0.660. The Labute approximate surface area is 163 Å². The molecule has 1 saturated carbocycles. The summed E-state index contributed by atoms with van der Waals surface area (Å²) in [5.74, 6) is 3.78. The molecule has 140 valence electrons. The molecule has 0 saturated heterocycles. The van der Waals surface area contributed by atoms with E-state index in [1.807, 2.05) is 6.07 Å². The van der Waals surface area contributed by atoms with Gasteiger partial charge in [0.1, 0.15) is 12.1 Å². The van der Waals surface area contributed by atoms with Gasteiger partial charge in [0.05, 0.1) is 18.4 Å². The van der Waals surface area contributed by atoms with Gasteiger partial charge in [-0.3, -0.25) is 9.47 Å². The summed E-state index contributed by atoms with van der Waals surface area (Å²) >= 11 is 6.26. The van der Waals surface area contributed by atoms with Gasteiger partial charge in [-0.15, -0.1) is 10.2 Å². The van der Waals surface area contributed by atoms with Crippen LogP contribution in [0.2, 0.25) is 5.02 Å². The topological polar surface area (TPSA) is 60.0 Å². The predicted octanol–water partition coefficient (Wildman–Crippen LogP) is 4.30. The van der Waals surface area contributed by atoms with Crippen LogP contribution in [0.5, 0.6) is 0 Å². The third-order valence-electron chi connectivity index (χ3n) is 5.78. The molecule has 0 bridgehead atoms. The average molecular weight is 384 g/mol. The molecule has 0 radical (unpaired) electrons. The van der Waals surface area contributed by atoms with E-state index in [-0.39, 0.29) is 0 Å². The van der Waals surface area contributed by atoms with Crippen molar-refractivity contribution in [1.29, 1.82) is 0 Å². The molecule has 0 N–H and O–H groups in total. The zero-order valence-electron chi connectivity index (χ0n) is 15.3. The molecule has 1 aliphatic heterocycles. The van der Waals surface area contributed by atoms with E-state index in [4.69, 9.17) is 16.0 Å². The van der Waals surface area contributed by atoms with Crippen LogP contribution >= 0.6 is 11.6 Å². The maximum Gasteiger partial charge on any atom is 0.197 e. The minimum atomic E-state index is 0.407. The molecule has 5 rings (SSSR count). The molecule has 27 heavy (non-hydrogen) atoms. The monoisotopic (exact) mass is 383 g/mol. The summed E-state index contributed by atoms with van der Waals surface area (Å²) in [4.78, 5) is 6.59. The predicted molar refractivity (Wildman–Crippen MR) is 102 cm³/mol. The molecule has 3 heterocycles. The fourth-order valence-electron chi connectivity index (χ4n) is 4.48. The van der Waals surface area contributed by atoms with Gasteiger partial charge < -0.3 is 4.42 Å². The molecule has 1 aliphatic carbocycles. The Hall–Kier alpha value is -2.18. The van der Waals surface area contributed by atoms with Crippen molar-refractivity contribution in [3.8, 4) is 5.69 Å². The number of hydrogen-bond acceptors (Lipinski definition) is 5. The van der Waals surface area contributed by atoms with Gasteiger partial charge in [-0.2, -0.15) is 0 Å². The highest BCUT2D eigenvalue weighted by atomic mass is 35.5. The fourth-order valence-corrected chi connectivity index (χ4v) is 4.68. The summed E-state index contributed by atoms with van der Waals surface area (Å²) in [5, 5.41) is 9.93. The second-order valence-corrected chi connectivity index (χ2v) is 8.11. The zero-order valence-corrected chi connectivity index (χ0v) is 16.1. The lowest BCUT2D eigenvalue weighted by atomic mass is 9.81. The maximum absolute atomic E-state index is 6.26. The number of benzene rings is 1. The average Bonchev–Trinajstić information content (AvgIpc) is 3.30. The highest BCUT2D eigenvalue weighted by Gasteiger charge is 2.31. The number of oxazole rings is 1. The fraction of sp³-hybridized carbons (Fsp3) is 0.450. The van der Waals surface area contributed by atoms with Crippen LogP contribution in [0, 0.1) is 0 Å². The lowest BCUT2D eigenvalue weighted by molar-refractivity contribution is 0.314. The Morgan fingerprint density at radius 2 is 1.89 bits per heavy atom. The van der Waals surface area contributed by atoms with Crippen molar-refractivity contribution >= 4 is 11.6 Å². The van der Waals surface area contributed by atoms with Crippen molar-refractivity contribution in [3.05, 3.63) is 58.8 Å². The number of halogens is 1. The largest absolute Gasteiger partial charge is 0.449 e. The van der Waals surface area contributed by atoms with Crippen LogP contribution in [0.4, 0.5) is 0 Å². The molecular weight excluding hydrogens is 362 g/mol. The molecule has 0 atom stereocenters. The first-order valence-electron chi connectivity index (χ1n) is 9.50. The van der Waals surface area contributed by atoms with E-state index in [2.05, 4.69) is 43.8 Å². The van der Waals surface area contributed by atoms with Crippen LogP contribution in [-0.4, -0.2) is 31.7 Å². The molecule has 0 spiro atoms. The molecule has 3 aromatic rings. The second-order valence-electron chi connectivity index (χ2n) is 7.67. The van der Waals surface area contributed by atoms with E-state index in [1.54, 1.807) is 12.5 Å². The van der Waals surface area contributed by atoms with Crippen LogP contribution in [-0.2, 0) is 13.1 Å². The minimum absolute atomic E-state index is 0.407. The molecule has 1 fully saturated rings. The zero-order chi connectivity index (χ0) is 18.4. The number of rotatable bonds is 2. The number of hydrogen-bond donors (Lipinski definition) is 0. The molecule has 7 heteroatoms. The Balaban J connectivity index is 1.47. The summed E-state index contributed by atoms with van der Waals surface area (Å²) in [6.07, 6.45) is 7.69. The number of aromatic nitrogens is 4. The maximum atomic E-state index is 6.26. The van der Waals surface area contributed by atoms with E-state index in [9.17, 15) is 0 Å². The van der Waals surface area contributed by atoms with Gasteiger partial charge in [-0.25, -0.2) is 4.98 Å². The Morgan fingerprint density at radius 1 is 1.07 bits per heavy atom. The summed E-state index contributed by atoms with van der Waals surface area (Å²) in [7, 11) is 2.11. The Kier molecular flexibility index (Phi) is 4.25. The van der Waals surface area contributed by atoms with E-state index in [1.165, 1.54) is 5.56 Å². The van der Waals surface area contributed by atoms with E-state index < -0.39 is 0 Å². The summed E-state index contributed by atoms with van der Waals surface area (Å²) in [6, 6.07) is 6.12. The summed E-state index contributed by atoms with van der Waals surface area (Å²) < 4.78 is 7.78. The smallest absolute Gasteiger partial charge is 0.197 e. The molecule has 1 aromatic carbocycles. The summed E-state index contributed by atoms with van der Waals surface area (Å²) in [5.41, 5.74) is 2.38. The molecule has 0 unspecified atom stereocenters. The minimum Gasteiger partial charge on any atom is -0.449 e. The lowest BCUT2D eigenvalue weighted by Crippen LogP contribution is -2.17. The molecule has 2 aromatic heterocycles. The van der Waals surface area contributed by atoms with Crippen LogP contribution in [0.1, 0.15) is 60.6 Å². The van der Waals surface area contributed by atoms with Crippen molar-refractivity contribution in [3.63, 3.8) is 0 Å². The SMILES string of the molecule is CN1Cc2cc(Cl)ccc2-n2c(nnc2[C@H]2CC[C@H](c3ncco3)CC2)C1. The third-order valence-corrected chi connectivity index (χ3v) is 6.02. The van der Waals surface area contributed by atoms with Gasteiger partial charge in [0.15, 0.2) is 11.7 Å². The van der Waals surface area contributed by atoms with Crippen molar-refractivity contribution in [1.82, 2.24) is 24.6 Å². The Bertz CT molecular complexity index is 943. The van der Waals surface area contributed by atoms with Crippen LogP contribution < -0.4 is 0 Å². The third kappa shape index (κ3) is 3.07. The van der Waals surface area contributed by atoms with Gasteiger partial charge in [-0.05, 0) is 56.5 Å².